The minimum atomic E-state index is -0.798. The molecule has 124 valence electrons. The first kappa shape index (κ1) is 15.6. The molecule has 0 unspecified atom stereocenters. The summed E-state index contributed by atoms with van der Waals surface area (Å²) < 4.78 is 10.6. The smallest absolute Gasteiger partial charge is 0.308 e. The van der Waals surface area contributed by atoms with Crippen molar-refractivity contribution in [1.82, 2.24) is 4.90 Å². The minimum Gasteiger partial charge on any atom is -0.497 e. The van der Waals surface area contributed by atoms with Crippen molar-refractivity contribution in [2.75, 3.05) is 26.8 Å². The number of hydrogen-bond acceptors (Lipinski definition) is 4. The van der Waals surface area contributed by atoms with Crippen LogP contribution in [0, 0.1) is 17.8 Å². The molecule has 6 heteroatoms. The Morgan fingerprint density at radius 3 is 2.39 bits per heavy atom. The summed E-state index contributed by atoms with van der Waals surface area (Å²) in [6.45, 7) is 0.754. The van der Waals surface area contributed by atoms with E-state index in [0.29, 0.717) is 24.8 Å². The first-order valence-electron chi connectivity index (χ1n) is 7.86. The monoisotopic (exact) mass is 319 g/mol. The molecule has 1 N–H and O–H groups in total. The van der Waals surface area contributed by atoms with Gasteiger partial charge in [-0.25, -0.2) is 0 Å². The number of methoxy groups -OCH3 is 1. The maximum Gasteiger partial charge on any atom is 0.308 e. The molecule has 2 fully saturated rings. The van der Waals surface area contributed by atoms with E-state index in [1.165, 1.54) is 0 Å². The van der Waals surface area contributed by atoms with Crippen molar-refractivity contribution in [2.45, 2.75) is 12.8 Å². The van der Waals surface area contributed by atoms with Gasteiger partial charge < -0.3 is 19.5 Å². The lowest BCUT2D eigenvalue weighted by Gasteiger charge is -2.16. The second-order valence-corrected chi connectivity index (χ2v) is 6.21. The fourth-order valence-electron chi connectivity index (χ4n) is 3.20. The average Bonchev–Trinajstić information content (AvgIpc) is 3.31. The van der Waals surface area contributed by atoms with E-state index in [1.807, 2.05) is 0 Å². The highest BCUT2D eigenvalue weighted by molar-refractivity contribution is 5.80. The Kier molecular flexibility index (Phi) is 4.41. The number of aliphatic carboxylic acids is 1. The summed E-state index contributed by atoms with van der Waals surface area (Å²) in [5.41, 5.74) is 0. The lowest BCUT2D eigenvalue weighted by Crippen LogP contribution is -2.33. The zero-order valence-electron chi connectivity index (χ0n) is 13.1. The number of carbonyl (C=O) groups is 2. The molecule has 1 amide bonds. The Hall–Kier alpha value is -2.24. The van der Waals surface area contributed by atoms with Crippen LogP contribution in [0.1, 0.15) is 12.8 Å². The van der Waals surface area contributed by atoms with E-state index in [1.54, 1.807) is 36.3 Å². The number of carboxylic acid groups (broad SMARTS) is 1. The van der Waals surface area contributed by atoms with Gasteiger partial charge in [0.15, 0.2) is 6.61 Å². The molecule has 1 saturated carbocycles. The quantitative estimate of drug-likeness (QED) is 0.863. The zero-order valence-corrected chi connectivity index (χ0v) is 13.1. The molecule has 0 bridgehead atoms. The molecule has 0 aromatic heterocycles. The van der Waals surface area contributed by atoms with Crippen LogP contribution in [-0.4, -0.2) is 48.7 Å². The average molecular weight is 319 g/mol. The highest BCUT2D eigenvalue weighted by Gasteiger charge is 2.46. The first-order valence-corrected chi connectivity index (χ1v) is 7.86. The maximum absolute atomic E-state index is 12.3. The molecule has 1 heterocycles. The number of nitrogens with zero attached hydrogens (tertiary/aromatic N) is 1. The number of carbonyl (C=O) groups excluding carboxylic acids is 1. The number of carboxylic acids is 1. The number of likely N-dealkylation sites (tertiary alicyclic amines) is 1. The second-order valence-electron chi connectivity index (χ2n) is 6.21. The Bertz CT molecular complexity index is 581. The fourth-order valence-corrected chi connectivity index (χ4v) is 3.20. The van der Waals surface area contributed by atoms with Gasteiger partial charge in [0.2, 0.25) is 0 Å². The summed E-state index contributed by atoms with van der Waals surface area (Å²) in [7, 11) is 1.59. The highest BCUT2D eigenvalue weighted by atomic mass is 16.5. The van der Waals surface area contributed by atoms with Crippen molar-refractivity contribution in [3.63, 3.8) is 0 Å². The Morgan fingerprint density at radius 1 is 1.17 bits per heavy atom. The van der Waals surface area contributed by atoms with Crippen molar-refractivity contribution >= 4 is 11.9 Å². The molecular formula is C17H21NO5. The van der Waals surface area contributed by atoms with E-state index >= 15 is 0 Å². The second kappa shape index (κ2) is 6.48. The van der Waals surface area contributed by atoms with Crippen LogP contribution >= 0.6 is 0 Å². The molecule has 1 aromatic carbocycles. The van der Waals surface area contributed by atoms with Gasteiger partial charge in [-0.2, -0.15) is 0 Å². The first-order chi connectivity index (χ1) is 11.1. The number of rotatable bonds is 6. The summed E-state index contributed by atoms with van der Waals surface area (Å²) in [6, 6.07) is 7.00. The van der Waals surface area contributed by atoms with E-state index in [4.69, 9.17) is 9.47 Å². The van der Waals surface area contributed by atoms with Crippen LogP contribution in [0.15, 0.2) is 24.3 Å². The van der Waals surface area contributed by atoms with Crippen molar-refractivity contribution in [1.29, 1.82) is 0 Å². The van der Waals surface area contributed by atoms with Gasteiger partial charge in [0.25, 0.3) is 5.91 Å². The number of amides is 1. The minimum absolute atomic E-state index is 0.0734. The lowest BCUT2D eigenvalue weighted by atomic mass is 9.92. The number of hydrogen-bond donors (Lipinski definition) is 1. The number of ether oxygens (including phenoxy) is 2. The van der Waals surface area contributed by atoms with E-state index < -0.39 is 11.9 Å². The summed E-state index contributed by atoms with van der Waals surface area (Å²) in [4.78, 5) is 25.3. The largest absolute Gasteiger partial charge is 0.497 e. The third kappa shape index (κ3) is 3.57. The molecule has 2 atom stereocenters. The van der Waals surface area contributed by atoms with E-state index in [-0.39, 0.29) is 18.4 Å². The zero-order chi connectivity index (χ0) is 16.4. The van der Waals surface area contributed by atoms with Crippen molar-refractivity contribution in [3.8, 4) is 11.5 Å². The molecule has 6 nitrogen and oxygen atoms in total. The third-order valence-electron chi connectivity index (χ3n) is 4.68. The summed E-state index contributed by atoms with van der Waals surface area (Å²) >= 11 is 0. The van der Waals surface area contributed by atoms with Crippen LogP contribution in [-0.2, 0) is 9.59 Å². The SMILES string of the molecule is COc1ccc(OCC(=O)N2C[C@H](C(=O)O)[C@@H](C3CC3)C2)cc1. The van der Waals surface area contributed by atoms with E-state index in [0.717, 1.165) is 18.6 Å². The Labute approximate surface area is 135 Å². The molecule has 1 saturated heterocycles. The molecular weight excluding hydrogens is 298 g/mol. The summed E-state index contributed by atoms with van der Waals surface area (Å²) in [5.74, 6) is 0.483. The van der Waals surface area contributed by atoms with Gasteiger partial charge in [-0.3, -0.25) is 9.59 Å². The van der Waals surface area contributed by atoms with Crippen LogP contribution in [0.4, 0.5) is 0 Å². The van der Waals surface area contributed by atoms with Gasteiger partial charge in [-0.1, -0.05) is 0 Å². The van der Waals surface area contributed by atoms with Crippen molar-refractivity contribution < 1.29 is 24.2 Å². The fraction of sp³-hybridized carbons (Fsp3) is 0.529. The van der Waals surface area contributed by atoms with Gasteiger partial charge in [0, 0.05) is 13.1 Å². The Morgan fingerprint density at radius 2 is 1.83 bits per heavy atom. The molecule has 1 aliphatic carbocycles. The summed E-state index contributed by atoms with van der Waals surface area (Å²) in [5, 5.41) is 9.34. The van der Waals surface area contributed by atoms with Gasteiger partial charge in [-0.15, -0.1) is 0 Å². The predicted molar refractivity (Wildman–Crippen MR) is 82.4 cm³/mol. The van der Waals surface area contributed by atoms with Crippen LogP contribution < -0.4 is 9.47 Å². The maximum atomic E-state index is 12.3. The topological polar surface area (TPSA) is 76.1 Å². The predicted octanol–water partition coefficient (Wildman–Crippen LogP) is 1.64. The molecule has 0 spiro atoms. The number of benzene rings is 1. The van der Waals surface area contributed by atoms with Crippen LogP contribution in [0.25, 0.3) is 0 Å². The lowest BCUT2D eigenvalue weighted by molar-refractivity contribution is -0.142. The Balaban J connectivity index is 1.54. The standard InChI is InChI=1S/C17H21NO5/c1-22-12-4-6-13(7-5-12)23-10-16(19)18-8-14(11-2-3-11)15(9-18)17(20)21/h4-7,11,14-15H,2-3,8-10H2,1H3,(H,20,21)/t14-,15+/m1/s1. The van der Waals surface area contributed by atoms with Gasteiger partial charge >= 0.3 is 5.97 Å². The van der Waals surface area contributed by atoms with E-state index in [2.05, 4.69) is 0 Å². The molecule has 1 aromatic rings. The van der Waals surface area contributed by atoms with Crippen molar-refractivity contribution in [3.05, 3.63) is 24.3 Å². The van der Waals surface area contributed by atoms with Crippen LogP contribution in [0.2, 0.25) is 0 Å². The molecule has 2 aliphatic rings. The van der Waals surface area contributed by atoms with Crippen molar-refractivity contribution in [2.24, 2.45) is 17.8 Å². The normalized spacial score (nSPS) is 23.6. The van der Waals surface area contributed by atoms with Gasteiger partial charge in [-0.05, 0) is 48.9 Å². The van der Waals surface area contributed by atoms with Crippen LogP contribution in [0.5, 0.6) is 11.5 Å². The summed E-state index contributed by atoms with van der Waals surface area (Å²) in [6.07, 6.45) is 2.16. The molecule has 3 rings (SSSR count). The van der Waals surface area contributed by atoms with Gasteiger partial charge in [0.05, 0.1) is 13.0 Å². The van der Waals surface area contributed by atoms with Gasteiger partial charge in [0.1, 0.15) is 11.5 Å². The third-order valence-corrected chi connectivity index (χ3v) is 4.68. The van der Waals surface area contributed by atoms with Crippen LogP contribution in [0.3, 0.4) is 0 Å². The van der Waals surface area contributed by atoms with E-state index in [9.17, 15) is 14.7 Å². The molecule has 1 aliphatic heterocycles. The molecule has 23 heavy (non-hydrogen) atoms. The highest BCUT2D eigenvalue weighted by Crippen LogP contribution is 2.44. The molecule has 0 radical (unpaired) electrons.